The second-order valence-corrected chi connectivity index (χ2v) is 4.08. The lowest BCUT2D eigenvalue weighted by atomic mass is 10.1. The van der Waals surface area contributed by atoms with Crippen molar-refractivity contribution in [2.75, 3.05) is 0 Å². The summed E-state index contributed by atoms with van der Waals surface area (Å²) in [5.74, 6) is 0. The monoisotopic (exact) mass is 280 g/mol. The summed E-state index contributed by atoms with van der Waals surface area (Å²) in [6.07, 6.45) is 10.0. The highest BCUT2D eigenvalue weighted by Crippen LogP contribution is 2.10. The summed E-state index contributed by atoms with van der Waals surface area (Å²) >= 11 is 3.23. The van der Waals surface area contributed by atoms with Crippen LogP contribution in [0.25, 0.3) is 0 Å². The lowest BCUT2D eigenvalue weighted by Gasteiger charge is -1.98. The van der Waals surface area contributed by atoms with Gasteiger partial charge in [-0.25, -0.2) is 0 Å². The van der Waals surface area contributed by atoms with Crippen molar-refractivity contribution in [2.24, 2.45) is 0 Å². The third-order valence-electron chi connectivity index (χ3n) is 2.21. The molecule has 88 valence electrons. The first-order valence-corrected chi connectivity index (χ1v) is 6.45. The van der Waals surface area contributed by atoms with Crippen molar-refractivity contribution in [2.45, 2.75) is 51.4 Å². The molecule has 0 aromatic carbocycles. The molecule has 0 saturated heterocycles. The third-order valence-corrected chi connectivity index (χ3v) is 2.59. The van der Waals surface area contributed by atoms with Crippen LogP contribution in [-0.2, 0) is 0 Å². The summed E-state index contributed by atoms with van der Waals surface area (Å²) in [5.41, 5.74) is 0. The lowest BCUT2D eigenvalue weighted by Crippen LogP contribution is -1.79. The molecule has 0 spiro atoms. The molecule has 0 unspecified atom stereocenters. The van der Waals surface area contributed by atoms with Gasteiger partial charge in [-0.15, -0.1) is 0 Å². The Bertz CT molecular complexity index is 184. The van der Waals surface area contributed by atoms with E-state index in [1.807, 2.05) is 4.99 Å². The minimum atomic E-state index is -1.54. The maximum absolute atomic E-state index is 11.6. The first kappa shape index (κ1) is 14.8. The zero-order chi connectivity index (χ0) is 11.4. The molecular weight excluding hydrogens is 262 g/mol. The summed E-state index contributed by atoms with van der Waals surface area (Å²) in [6, 6.07) is 0. The summed E-state index contributed by atoms with van der Waals surface area (Å²) < 4.78 is 23.3. The number of allylic oxidation sites excluding steroid dienone is 2. The second-order valence-electron chi connectivity index (χ2n) is 3.55. The van der Waals surface area contributed by atoms with Crippen molar-refractivity contribution in [3.8, 4) is 0 Å². The van der Waals surface area contributed by atoms with Gasteiger partial charge < -0.3 is 0 Å². The normalized spacial score (nSPS) is 10.9. The Labute approximate surface area is 99.6 Å². The molecule has 0 nitrogen and oxygen atoms in total. The minimum absolute atomic E-state index is 0.522. The number of hydrogen-bond acceptors (Lipinski definition) is 0. The molecule has 0 heterocycles. The van der Waals surface area contributed by atoms with Crippen molar-refractivity contribution < 1.29 is 8.78 Å². The molecule has 0 rings (SSSR count). The predicted molar refractivity (Wildman–Crippen MR) is 65.3 cm³/mol. The quantitative estimate of drug-likeness (QED) is 0.469. The van der Waals surface area contributed by atoms with E-state index in [-0.39, 0.29) is 0 Å². The highest BCUT2D eigenvalue weighted by Gasteiger charge is 1.91. The van der Waals surface area contributed by atoms with E-state index in [0.29, 0.717) is 6.42 Å². The van der Waals surface area contributed by atoms with Crippen LogP contribution in [0.3, 0.4) is 0 Å². The van der Waals surface area contributed by atoms with Crippen molar-refractivity contribution in [1.82, 2.24) is 0 Å². The van der Waals surface area contributed by atoms with Gasteiger partial charge in [0.15, 0.2) is 0 Å². The van der Waals surface area contributed by atoms with Gasteiger partial charge in [0.25, 0.3) is 6.08 Å². The Morgan fingerprint density at radius 1 is 0.867 bits per heavy atom. The zero-order valence-corrected chi connectivity index (χ0v) is 10.6. The molecule has 0 aromatic rings. The van der Waals surface area contributed by atoms with Crippen molar-refractivity contribution in [1.29, 1.82) is 0 Å². The van der Waals surface area contributed by atoms with Gasteiger partial charge in [-0.2, -0.15) is 8.78 Å². The highest BCUT2D eigenvalue weighted by molar-refractivity contribution is 9.11. The molecular formula is C12H19BrF2. The van der Waals surface area contributed by atoms with Crippen molar-refractivity contribution in [3.05, 3.63) is 23.2 Å². The fourth-order valence-corrected chi connectivity index (χ4v) is 1.65. The fourth-order valence-electron chi connectivity index (χ4n) is 1.39. The van der Waals surface area contributed by atoms with E-state index >= 15 is 0 Å². The van der Waals surface area contributed by atoms with Crippen LogP contribution in [0.15, 0.2) is 23.2 Å². The smallest absolute Gasteiger partial charge is 0.174 e. The Hall–Kier alpha value is -0.180. The predicted octanol–water partition coefficient (Wildman–Crippen LogP) is 5.80. The number of rotatable bonds is 9. The molecule has 0 aliphatic carbocycles. The molecule has 0 radical (unpaired) electrons. The molecule has 0 aliphatic rings. The summed E-state index contributed by atoms with van der Waals surface area (Å²) in [6.45, 7) is 0. The first-order chi connectivity index (χ1) is 7.27. The molecule has 0 amide bonds. The Morgan fingerprint density at radius 3 is 1.93 bits per heavy atom. The Balaban J connectivity index is 3.02. The van der Waals surface area contributed by atoms with Gasteiger partial charge in [0, 0.05) is 0 Å². The van der Waals surface area contributed by atoms with Crippen molar-refractivity contribution in [3.63, 3.8) is 0 Å². The van der Waals surface area contributed by atoms with Gasteiger partial charge in [0.2, 0.25) is 0 Å². The molecule has 0 bridgehead atoms. The maximum atomic E-state index is 11.6. The van der Waals surface area contributed by atoms with Gasteiger partial charge in [0.1, 0.15) is 0 Å². The van der Waals surface area contributed by atoms with Gasteiger partial charge in [-0.3, -0.25) is 0 Å². The van der Waals surface area contributed by atoms with Crippen LogP contribution >= 0.6 is 15.9 Å². The average molecular weight is 281 g/mol. The summed E-state index contributed by atoms with van der Waals surface area (Å²) in [5, 5.41) is 0. The van der Waals surface area contributed by atoms with Crippen molar-refractivity contribution >= 4 is 15.9 Å². The van der Waals surface area contributed by atoms with E-state index < -0.39 is 6.08 Å². The first-order valence-electron chi connectivity index (χ1n) is 5.53. The summed E-state index contributed by atoms with van der Waals surface area (Å²) in [7, 11) is 0. The number of halogens is 3. The average Bonchev–Trinajstić information content (AvgIpc) is 2.20. The topological polar surface area (TPSA) is 0 Å². The van der Waals surface area contributed by atoms with Crippen LogP contribution in [0.4, 0.5) is 8.78 Å². The standard InChI is InChI=1S/C12H19BrF2/c13-11-9-7-5-3-1-2-4-6-8-10-12(14)15/h9-11H,1-8H2/b11-9+. The lowest BCUT2D eigenvalue weighted by molar-refractivity contribution is 0.416. The SMILES string of the molecule is FC(F)=CCCCCCCCC/C=C/Br. The molecule has 0 N–H and O–H groups in total. The van der Waals surface area contributed by atoms with Crippen LogP contribution in [0.2, 0.25) is 0 Å². The van der Waals surface area contributed by atoms with E-state index in [2.05, 4.69) is 22.0 Å². The molecule has 0 atom stereocenters. The van der Waals surface area contributed by atoms with Crippen LogP contribution < -0.4 is 0 Å². The number of hydrogen-bond donors (Lipinski definition) is 0. The van der Waals surface area contributed by atoms with E-state index in [0.717, 1.165) is 25.3 Å². The van der Waals surface area contributed by atoms with Crippen LogP contribution in [0.1, 0.15) is 51.4 Å². The van der Waals surface area contributed by atoms with E-state index in [1.165, 1.54) is 25.7 Å². The van der Waals surface area contributed by atoms with Gasteiger partial charge in [0.05, 0.1) is 0 Å². The molecule has 0 saturated carbocycles. The van der Waals surface area contributed by atoms with Gasteiger partial charge in [-0.05, 0) is 36.7 Å². The molecule has 0 aliphatic heterocycles. The minimum Gasteiger partial charge on any atom is -0.174 e. The second kappa shape index (κ2) is 11.9. The molecule has 0 aromatic heterocycles. The van der Waals surface area contributed by atoms with E-state index in [9.17, 15) is 8.78 Å². The van der Waals surface area contributed by atoms with Gasteiger partial charge >= 0.3 is 0 Å². The Morgan fingerprint density at radius 2 is 1.40 bits per heavy atom. The fraction of sp³-hybridized carbons (Fsp3) is 0.667. The highest BCUT2D eigenvalue weighted by atomic mass is 79.9. The van der Waals surface area contributed by atoms with Crippen LogP contribution in [0.5, 0.6) is 0 Å². The third kappa shape index (κ3) is 13.8. The zero-order valence-electron chi connectivity index (χ0n) is 9.02. The number of unbranched alkanes of at least 4 members (excludes halogenated alkanes) is 7. The molecule has 3 heteroatoms. The Kier molecular flexibility index (Phi) is 11.7. The maximum Gasteiger partial charge on any atom is 0.266 e. The largest absolute Gasteiger partial charge is 0.266 e. The van der Waals surface area contributed by atoms with Gasteiger partial charge in [-0.1, -0.05) is 47.7 Å². The van der Waals surface area contributed by atoms with Crippen LogP contribution in [0, 0.1) is 0 Å². The van der Waals surface area contributed by atoms with E-state index in [4.69, 9.17) is 0 Å². The summed E-state index contributed by atoms with van der Waals surface area (Å²) in [4.78, 5) is 1.89. The van der Waals surface area contributed by atoms with E-state index in [1.54, 1.807) is 0 Å². The van der Waals surface area contributed by atoms with Crippen LogP contribution in [-0.4, -0.2) is 0 Å². The molecule has 15 heavy (non-hydrogen) atoms. The molecule has 0 fully saturated rings.